The van der Waals surface area contributed by atoms with E-state index >= 15 is 0 Å². The lowest BCUT2D eigenvalue weighted by molar-refractivity contribution is 0.0264. The van der Waals surface area contributed by atoms with Gasteiger partial charge in [0.15, 0.2) is 0 Å². The lowest BCUT2D eigenvalue weighted by Gasteiger charge is -2.15. The Hall–Kier alpha value is -1.26. The molecule has 1 rings (SSSR count). The molecule has 2 atom stereocenters. The van der Waals surface area contributed by atoms with Gasteiger partial charge in [-0.05, 0) is 43.5 Å². The third-order valence-electron chi connectivity index (χ3n) is 2.75. The van der Waals surface area contributed by atoms with E-state index in [0.29, 0.717) is 12.8 Å². The fourth-order valence-electron chi connectivity index (χ4n) is 1.62. The molecule has 1 aromatic carbocycles. The van der Waals surface area contributed by atoms with Gasteiger partial charge in [-0.15, -0.1) is 0 Å². The fraction of sp³-hybridized carbons (Fsp3) is 0.538. The molecular formula is C13H20O4. The van der Waals surface area contributed by atoms with Gasteiger partial charge in [0.05, 0.1) is 26.4 Å². The van der Waals surface area contributed by atoms with E-state index in [1.54, 1.807) is 21.1 Å². The van der Waals surface area contributed by atoms with Crippen LogP contribution in [0.25, 0.3) is 0 Å². The molecule has 17 heavy (non-hydrogen) atoms. The van der Waals surface area contributed by atoms with Crippen LogP contribution < -0.4 is 9.47 Å². The predicted molar refractivity (Wildman–Crippen MR) is 65.6 cm³/mol. The standard InChI is InChI=1S/C13H20O4/c1-9(14)12(15)6-4-10-8-11(16-2)5-7-13(10)17-3/h5,7-9,12,14-15H,4,6H2,1-3H3. The van der Waals surface area contributed by atoms with Crippen LogP contribution in [0, 0.1) is 0 Å². The number of aryl methyl sites for hydroxylation is 1. The smallest absolute Gasteiger partial charge is 0.122 e. The number of benzene rings is 1. The van der Waals surface area contributed by atoms with Crippen LogP contribution in [0.2, 0.25) is 0 Å². The zero-order valence-electron chi connectivity index (χ0n) is 10.5. The molecule has 0 spiro atoms. The summed E-state index contributed by atoms with van der Waals surface area (Å²) < 4.78 is 10.4. The third-order valence-corrected chi connectivity index (χ3v) is 2.75. The van der Waals surface area contributed by atoms with Gasteiger partial charge in [-0.1, -0.05) is 0 Å². The second kappa shape index (κ2) is 6.47. The molecule has 0 saturated heterocycles. The molecule has 96 valence electrons. The van der Waals surface area contributed by atoms with Crippen molar-refractivity contribution in [2.45, 2.75) is 32.0 Å². The van der Waals surface area contributed by atoms with E-state index in [-0.39, 0.29) is 0 Å². The Bertz CT molecular complexity index is 349. The van der Waals surface area contributed by atoms with Crippen LogP contribution in [0.4, 0.5) is 0 Å². The summed E-state index contributed by atoms with van der Waals surface area (Å²) in [5.74, 6) is 1.52. The fourth-order valence-corrected chi connectivity index (χ4v) is 1.62. The highest BCUT2D eigenvalue weighted by Crippen LogP contribution is 2.25. The van der Waals surface area contributed by atoms with Crippen molar-refractivity contribution in [3.8, 4) is 11.5 Å². The van der Waals surface area contributed by atoms with Crippen LogP contribution in [0.15, 0.2) is 18.2 Å². The van der Waals surface area contributed by atoms with E-state index < -0.39 is 12.2 Å². The summed E-state index contributed by atoms with van der Waals surface area (Å²) in [6, 6.07) is 5.55. The monoisotopic (exact) mass is 240 g/mol. The normalized spacial score (nSPS) is 14.2. The van der Waals surface area contributed by atoms with Gasteiger partial charge in [-0.25, -0.2) is 0 Å². The van der Waals surface area contributed by atoms with Gasteiger partial charge in [0.2, 0.25) is 0 Å². The molecule has 0 aliphatic carbocycles. The minimum absolute atomic E-state index is 0.487. The van der Waals surface area contributed by atoms with Gasteiger partial charge in [0.1, 0.15) is 11.5 Å². The molecular weight excluding hydrogens is 220 g/mol. The number of hydrogen-bond acceptors (Lipinski definition) is 4. The molecule has 0 aromatic heterocycles. The van der Waals surface area contributed by atoms with Crippen molar-refractivity contribution in [1.29, 1.82) is 0 Å². The van der Waals surface area contributed by atoms with Crippen LogP contribution in [-0.4, -0.2) is 36.6 Å². The van der Waals surface area contributed by atoms with E-state index in [2.05, 4.69) is 0 Å². The van der Waals surface area contributed by atoms with Crippen molar-refractivity contribution in [2.24, 2.45) is 0 Å². The van der Waals surface area contributed by atoms with Crippen LogP contribution in [0.1, 0.15) is 18.9 Å². The summed E-state index contributed by atoms with van der Waals surface area (Å²) in [4.78, 5) is 0. The second-order valence-corrected chi connectivity index (χ2v) is 4.02. The zero-order valence-corrected chi connectivity index (χ0v) is 10.5. The lowest BCUT2D eigenvalue weighted by Crippen LogP contribution is -2.22. The molecule has 2 unspecified atom stereocenters. The van der Waals surface area contributed by atoms with Crippen LogP contribution >= 0.6 is 0 Å². The van der Waals surface area contributed by atoms with Crippen molar-refractivity contribution in [3.05, 3.63) is 23.8 Å². The number of aliphatic hydroxyl groups is 2. The van der Waals surface area contributed by atoms with Crippen molar-refractivity contribution >= 4 is 0 Å². The van der Waals surface area contributed by atoms with Crippen molar-refractivity contribution in [2.75, 3.05) is 14.2 Å². The molecule has 0 aliphatic rings. The topological polar surface area (TPSA) is 58.9 Å². The molecule has 0 heterocycles. The van der Waals surface area contributed by atoms with Crippen LogP contribution in [0.5, 0.6) is 11.5 Å². The van der Waals surface area contributed by atoms with Gasteiger partial charge >= 0.3 is 0 Å². The first-order chi connectivity index (χ1) is 8.08. The summed E-state index contributed by atoms with van der Waals surface area (Å²) in [7, 11) is 3.21. The average Bonchev–Trinajstić information content (AvgIpc) is 2.35. The molecule has 0 amide bonds. The Labute approximate surface area is 102 Å². The van der Waals surface area contributed by atoms with Gasteiger partial charge in [-0.2, -0.15) is 0 Å². The largest absolute Gasteiger partial charge is 0.497 e. The predicted octanol–water partition coefficient (Wildman–Crippen LogP) is 1.38. The lowest BCUT2D eigenvalue weighted by atomic mass is 10.0. The summed E-state index contributed by atoms with van der Waals surface area (Å²) in [5, 5.41) is 18.8. The summed E-state index contributed by atoms with van der Waals surface area (Å²) in [6.07, 6.45) is -0.314. The second-order valence-electron chi connectivity index (χ2n) is 4.02. The SMILES string of the molecule is COc1ccc(OC)c(CCC(O)C(C)O)c1. The first-order valence-corrected chi connectivity index (χ1v) is 5.65. The summed E-state index contributed by atoms with van der Waals surface area (Å²) in [6.45, 7) is 1.58. The van der Waals surface area contributed by atoms with E-state index in [0.717, 1.165) is 17.1 Å². The Morgan fingerprint density at radius 1 is 1.18 bits per heavy atom. The van der Waals surface area contributed by atoms with Gasteiger partial charge < -0.3 is 19.7 Å². The highest BCUT2D eigenvalue weighted by Gasteiger charge is 2.13. The third kappa shape index (κ3) is 3.91. The molecule has 0 saturated carbocycles. The zero-order chi connectivity index (χ0) is 12.8. The Morgan fingerprint density at radius 3 is 2.41 bits per heavy atom. The molecule has 4 nitrogen and oxygen atoms in total. The number of methoxy groups -OCH3 is 2. The Kier molecular flexibility index (Phi) is 5.25. The van der Waals surface area contributed by atoms with Crippen LogP contribution in [0.3, 0.4) is 0 Å². The van der Waals surface area contributed by atoms with Gasteiger partial charge in [-0.3, -0.25) is 0 Å². The van der Waals surface area contributed by atoms with Crippen molar-refractivity contribution in [3.63, 3.8) is 0 Å². The first-order valence-electron chi connectivity index (χ1n) is 5.65. The van der Waals surface area contributed by atoms with Gasteiger partial charge in [0.25, 0.3) is 0 Å². The quantitative estimate of drug-likeness (QED) is 0.788. The highest BCUT2D eigenvalue weighted by molar-refractivity contribution is 5.40. The molecule has 0 fully saturated rings. The summed E-state index contributed by atoms with van der Waals surface area (Å²) >= 11 is 0. The van der Waals surface area contributed by atoms with Crippen molar-refractivity contribution < 1.29 is 19.7 Å². The van der Waals surface area contributed by atoms with E-state index in [4.69, 9.17) is 9.47 Å². The average molecular weight is 240 g/mol. The van der Waals surface area contributed by atoms with Gasteiger partial charge in [0, 0.05) is 0 Å². The van der Waals surface area contributed by atoms with Crippen molar-refractivity contribution in [1.82, 2.24) is 0 Å². The number of rotatable bonds is 6. The number of hydrogen-bond donors (Lipinski definition) is 2. The summed E-state index contributed by atoms with van der Waals surface area (Å²) in [5.41, 5.74) is 0.964. The highest BCUT2D eigenvalue weighted by atomic mass is 16.5. The molecule has 0 bridgehead atoms. The van der Waals surface area contributed by atoms with Crippen LogP contribution in [-0.2, 0) is 6.42 Å². The first kappa shape index (κ1) is 13.8. The molecule has 4 heteroatoms. The number of ether oxygens (including phenoxy) is 2. The maximum atomic E-state index is 9.56. The molecule has 2 N–H and O–H groups in total. The molecule has 1 aromatic rings. The van der Waals surface area contributed by atoms with E-state index in [1.165, 1.54) is 0 Å². The van der Waals surface area contributed by atoms with E-state index in [9.17, 15) is 10.2 Å². The van der Waals surface area contributed by atoms with E-state index in [1.807, 2.05) is 18.2 Å². The minimum Gasteiger partial charge on any atom is -0.497 e. The minimum atomic E-state index is -0.717. The maximum Gasteiger partial charge on any atom is 0.122 e. The number of aliphatic hydroxyl groups excluding tert-OH is 2. The molecule has 0 aliphatic heterocycles. The molecule has 0 radical (unpaired) electrons. The Balaban J connectivity index is 2.74. The maximum absolute atomic E-state index is 9.56. The Morgan fingerprint density at radius 2 is 1.88 bits per heavy atom.